The maximum Gasteiger partial charge on any atom is 0.227 e. The molecular weight excluding hydrogens is 324 g/mol. The van der Waals surface area contributed by atoms with E-state index in [4.69, 9.17) is 0 Å². The fraction of sp³-hybridized carbons (Fsp3) is 0.364. The molecule has 2 unspecified atom stereocenters. The van der Waals surface area contributed by atoms with Gasteiger partial charge in [-0.15, -0.1) is 0 Å². The van der Waals surface area contributed by atoms with Crippen molar-refractivity contribution >= 4 is 28.8 Å². The normalized spacial score (nSPS) is 24.8. The first-order chi connectivity index (χ1) is 12.7. The molecular formula is C22H24N2O2. The molecule has 0 heterocycles. The Bertz CT molecular complexity index is 770. The monoisotopic (exact) mass is 348 g/mol. The molecule has 0 saturated heterocycles. The van der Waals surface area contributed by atoms with Gasteiger partial charge < -0.3 is 10.6 Å². The summed E-state index contributed by atoms with van der Waals surface area (Å²) in [4.78, 5) is 24.8. The van der Waals surface area contributed by atoms with Crippen molar-refractivity contribution in [2.24, 2.45) is 17.8 Å². The number of para-hydroxylation sites is 1. The molecule has 134 valence electrons. The molecule has 2 aliphatic rings. The first-order valence-corrected chi connectivity index (χ1v) is 9.46. The van der Waals surface area contributed by atoms with E-state index in [0.29, 0.717) is 5.78 Å². The fourth-order valence-electron chi connectivity index (χ4n) is 4.26. The second kappa shape index (κ2) is 7.32. The van der Waals surface area contributed by atoms with Crippen LogP contribution in [0.1, 0.15) is 32.1 Å². The molecule has 0 aliphatic heterocycles. The summed E-state index contributed by atoms with van der Waals surface area (Å²) < 4.78 is 0. The fourth-order valence-corrected chi connectivity index (χ4v) is 4.26. The average molecular weight is 348 g/mol. The van der Waals surface area contributed by atoms with Gasteiger partial charge in [-0.05, 0) is 62.1 Å². The summed E-state index contributed by atoms with van der Waals surface area (Å²) in [6.45, 7) is 0. The van der Waals surface area contributed by atoms with Crippen LogP contribution in [0.3, 0.4) is 0 Å². The van der Waals surface area contributed by atoms with Crippen LogP contribution in [0.2, 0.25) is 0 Å². The van der Waals surface area contributed by atoms with Crippen LogP contribution in [0.4, 0.5) is 17.1 Å². The summed E-state index contributed by atoms with van der Waals surface area (Å²) in [6, 6.07) is 17.7. The number of rotatable bonds is 4. The summed E-state index contributed by atoms with van der Waals surface area (Å²) in [5.74, 6) is 0.631. The predicted octanol–water partition coefficient (Wildman–Crippen LogP) is 4.76. The van der Waals surface area contributed by atoms with Crippen molar-refractivity contribution in [3.05, 3.63) is 54.6 Å². The Morgan fingerprint density at radius 2 is 1.38 bits per heavy atom. The third-order valence-electron chi connectivity index (χ3n) is 5.63. The summed E-state index contributed by atoms with van der Waals surface area (Å²) in [6.07, 6.45) is 4.48. The topological polar surface area (TPSA) is 58.2 Å². The second-order valence-electron chi connectivity index (χ2n) is 7.45. The number of ketones is 1. The zero-order chi connectivity index (χ0) is 17.9. The third-order valence-corrected chi connectivity index (χ3v) is 5.63. The molecule has 2 atom stereocenters. The van der Waals surface area contributed by atoms with Crippen molar-refractivity contribution in [3.8, 4) is 0 Å². The van der Waals surface area contributed by atoms with Gasteiger partial charge in [-0.2, -0.15) is 0 Å². The number of carbonyl (C=O) groups is 2. The van der Waals surface area contributed by atoms with Crippen LogP contribution < -0.4 is 10.6 Å². The number of anilines is 3. The van der Waals surface area contributed by atoms with E-state index in [2.05, 4.69) is 10.6 Å². The minimum atomic E-state index is -0.0369. The molecule has 1 amide bonds. The Morgan fingerprint density at radius 3 is 2.04 bits per heavy atom. The number of amides is 1. The standard InChI is InChI=1S/C22H24N2O2/c25-21-15-5-4-6-16(21)14-17(13-15)22(26)24-20-11-9-19(10-12-20)23-18-7-2-1-3-8-18/h1-3,7-12,15-17,23H,4-6,13-14H2,(H,24,26). The van der Waals surface area contributed by atoms with Crippen molar-refractivity contribution in [1.29, 1.82) is 0 Å². The Labute approximate surface area is 154 Å². The maximum atomic E-state index is 12.6. The zero-order valence-electron chi connectivity index (χ0n) is 14.8. The van der Waals surface area contributed by atoms with Gasteiger partial charge in [0.25, 0.3) is 0 Å². The molecule has 2 aromatic rings. The molecule has 0 aromatic heterocycles. The summed E-state index contributed by atoms with van der Waals surface area (Å²) in [5, 5.41) is 6.36. The minimum Gasteiger partial charge on any atom is -0.356 e. The van der Waals surface area contributed by atoms with Crippen LogP contribution in [0.25, 0.3) is 0 Å². The zero-order valence-corrected chi connectivity index (χ0v) is 14.8. The Morgan fingerprint density at radius 1 is 0.808 bits per heavy atom. The van der Waals surface area contributed by atoms with Crippen LogP contribution in [0, 0.1) is 17.8 Å². The second-order valence-corrected chi connectivity index (χ2v) is 7.45. The molecule has 2 aromatic carbocycles. The van der Waals surface area contributed by atoms with E-state index in [0.717, 1.165) is 49.2 Å². The molecule has 0 radical (unpaired) electrons. The van der Waals surface area contributed by atoms with Crippen LogP contribution >= 0.6 is 0 Å². The highest BCUT2D eigenvalue weighted by molar-refractivity contribution is 5.95. The third kappa shape index (κ3) is 3.64. The van der Waals surface area contributed by atoms with Gasteiger partial charge in [0.15, 0.2) is 0 Å². The van der Waals surface area contributed by atoms with Gasteiger partial charge in [-0.1, -0.05) is 24.6 Å². The average Bonchev–Trinajstić information content (AvgIpc) is 2.64. The van der Waals surface area contributed by atoms with E-state index in [1.807, 2.05) is 54.6 Å². The van der Waals surface area contributed by atoms with Gasteiger partial charge in [0.2, 0.25) is 5.91 Å². The summed E-state index contributed by atoms with van der Waals surface area (Å²) in [5.41, 5.74) is 2.81. The molecule has 2 fully saturated rings. The highest BCUT2D eigenvalue weighted by atomic mass is 16.2. The number of hydrogen-bond acceptors (Lipinski definition) is 3. The largest absolute Gasteiger partial charge is 0.356 e. The first kappa shape index (κ1) is 16.8. The van der Waals surface area contributed by atoms with Crippen molar-refractivity contribution in [1.82, 2.24) is 0 Å². The van der Waals surface area contributed by atoms with E-state index in [1.165, 1.54) is 0 Å². The van der Waals surface area contributed by atoms with E-state index < -0.39 is 0 Å². The predicted molar refractivity (Wildman–Crippen MR) is 103 cm³/mol. The van der Waals surface area contributed by atoms with Crippen LogP contribution in [-0.2, 0) is 9.59 Å². The van der Waals surface area contributed by atoms with Gasteiger partial charge >= 0.3 is 0 Å². The molecule has 26 heavy (non-hydrogen) atoms. The van der Waals surface area contributed by atoms with Crippen molar-refractivity contribution in [3.63, 3.8) is 0 Å². The summed E-state index contributed by atoms with van der Waals surface area (Å²) >= 11 is 0. The number of benzene rings is 2. The number of fused-ring (bicyclic) bond motifs is 2. The highest BCUT2D eigenvalue weighted by Gasteiger charge is 2.41. The Hall–Kier alpha value is -2.62. The van der Waals surface area contributed by atoms with E-state index >= 15 is 0 Å². The van der Waals surface area contributed by atoms with Gasteiger partial charge in [0.1, 0.15) is 5.78 Å². The van der Waals surface area contributed by atoms with Gasteiger partial charge in [0.05, 0.1) is 0 Å². The van der Waals surface area contributed by atoms with Crippen molar-refractivity contribution in [2.45, 2.75) is 32.1 Å². The van der Waals surface area contributed by atoms with Crippen LogP contribution in [0.15, 0.2) is 54.6 Å². The number of nitrogens with one attached hydrogen (secondary N) is 2. The van der Waals surface area contributed by atoms with Crippen molar-refractivity contribution in [2.75, 3.05) is 10.6 Å². The molecule has 2 N–H and O–H groups in total. The lowest BCUT2D eigenvalue weighted by Crippen LogP contribution is -2.40. The molecule has 4 heteroatoms. The molecule has 2 saturated carbocycles. The smallest absolute Gasteiger partial charge is 0.227 e. The Balaban J connectivity index is 1.36. The van der Waals surface area contributed by atoms with Crippen LogP contribution in [0.5, 0.6) is 0 Å². The number of carbonyl (C=O) groups excluding carboxylic acids is 2. The Kier molecular flexibility index (Phi) is 4.74. The first-order valence-electron chi connectivity index (χ1n) is 9.46. The maximum absolute atomic E-state index is 12.6. The quantitative estimate of drug-likeness (QED) is 0.837. The molecule has 2 aliphatic carbocycles. The lowest BCUT2D eigenvalue weighted by molar-refractivity contribution is -0.136. The van der Waals surface area contributed by atoms with Gasteiger partial charge in [0, 0.05) is 34.8 Å². The number of hydrogen-bond donors (Lipinski definition) is 2. The number of Topliss-reactive ketones (excluding diaryl/α,β-unsaturated/α-hetero) is 1. The SMILES string of the molecule is O=C(Nc1ccc(Nc2ccccc2)cc1)C1CC2CCCC(C1)C2=O. The van der Waals surface area contributed by atoms with E-state index in [9.17, 15) is 9.59 Å². The highest BCUT2D eigenvalue weighted by Crippen LogP contribution is 2.40. The van der Waals surface area contributed by atoms with Crippen molar-refractivity contribution < 1.29 is 9.59 Å². The molecule has 4 nitrogen and oxygen atoms in total. The van der Waals surface area contributed by atoms with Gasteiger partial charge in [-0.3, -0.25) is 9.59 Å². The minimum absolute atomic E-state index is 0.0369. The summed E-state index contributed by atoms with van der Waals surface area (Å²) in [7, 11) is 0. The van der Waals surface area contributed by atoms with Gasteiger partial charge in [-0.25, -0.2) is 0 Å². The van der Waals surface area contributed by atoms with E-state index in [-0.39, 0.29) is 23.7 Å². The molecule has 4 rings (SSSR count). The lowest BCUT2D eigenvalue weighted by atomic mass is 9.67. The molecule has 0 spiro atoms. The van der Waals surface area contributed by atoms with Crippen LogP contribution in [-0.4, -0.2) is 11.7 Å². The lowest BCUT2D eigenvalue weighted by Gasteiger charge is -2.36. The molecule has 2 bridgehead atoms. The van der Waals surface area contributed by atoms with E-state index in [1.54, 1.807) is 0 Å².